The van der Waals surface area contributed by atoms with Crippen molar-refractivity contribution in [1.29, 1.82) is 0 Å². The Labute approximate surface area is 145 Å². The zero-order valence-electron chi connectivity index (χ0n) is 13.2. The van der Waals surface area contributed by atoms with Crippen LogP contribution >= 0.6 is 11.6 Å². The van der Waals surface area contributed by atoms with Gasteiger partial charge in [-0.05, 0) is 17.7 Å². The highest BCUT2D eigenvalue weighted by molar-refractivity contribution is 6.31. The molecule has 1 aliphatic heterocycles. The number of hydrogen-bond acceptors (Lipinski definition) is 5. The van der Waals surface area contributed by atoms with Crippen LogP contribution in [0.2, 0.25) is 5.02 Å². The van der Waals surface area contributed by atoms with Crippen LogP contribution in [0.3, 0.4) is 0 Å². The average Bonchev–Trinajstić information content (AvgIpc) is 2.63. The Kier molecular flexibility index (Phi) is 5.61. The number of benzene rings is 1. The molecule has 0 bridgehead atoms. The molecule has 1 aliphatic rings. The summed E-state index contributed by atoms with van der Waals surface area (Å²) in [5, 5.41) is 3.43. The number of amides is 1. The third-order valence-electron chi connectivity index (χ3n) is 3.78. The summed E-state index contributed by atoms with van der Waals surface area (Å²) in [4.78, 5) is 23.0. The molecule has 0 radical (unpaired) electrons. The lowest BCUT2D eigenvalue weighted by atomic mass is 10.1. The molecular weight excluding hydrogens is 328 g/mol. The molecule has 2 heterocycles. The van der Waals surface area contributed by atoms with Crippen LogP contribution in [-0.2, 0) is 22.5 Å². The fraction of sp³-hybridized carbons (Fsp3) is 0.353. The molecule has 1 aromatic carbocycles. The standard InChI is InChI=1S/C17H19ClN4O2/c18-14-4-2-1-3-13(14)11-17(23)20-12-15-19-6-5-16(21-15)22-7-9-24-10-8-22/h1-6H,7-12H2,(H,20,23). The topological polar surface area (TPSA) is 67.4 Å². The fourth-order valence-electron chi connectivity index (χ4n) is 2.50. The van der Waals surface area contributed by atoms with Crippen molar-refractivity contribution in [3.05, 3.63) is 52.9 Å². The normalized spacial score (nSPS) is 14.5. The Hall–Kier alpha value is -2.18. The van der Waals surface area contributed by atoms with E-state index in [4.69, 9.17) is 16.3 Å². The van der Waals surface area contributed by atoms with E-state index in [2.05, 4.69) is 20.2 Å². The molecule has 6 nitrogen and oxygen atoms in total. The molecule has 0 saturated carbocycles. The van der Waals surface area contributed by atoms with E-state index in [9.17, 15) is 4.79 Å². The second-order valence-electron chi connectivity index (χ2n) is 5.48. The van der Waals surface area contributed by atoms with Gasteiger partial charge >= 0.3 is 0 Å². The Bertz CT molecular complexity index is 704. The summed E-state index contributed by atoms with van der Waals surface area (Å²) in [6.07, 6.45) is 1.95. The Morgan fingerprint density at radius 3 is 2.83 bits per heavy atom. The Morgan fingerprint density at radius 1 is 1.25 bits per heavy atom. The molecule has 0 aliphatic carbocycles. The smallest absolute Gasteiger partial charge is 0.224 e. The maximum Gasteiger partial charge on any atom is 0.224 e. The monoisotopic (exact) mass is 346 g/mol. The van der Waals surface area contributed by atoms with E-state index >= 15 is 0 Å². The first-order valence-corrected chi connectivity index (χ1v) is 8.25. The van der Waals surface area contributed by atoms with Crippen molar-refractivity contribution >= 4 is 23.3 Å². The van der Waals surface area contributed by atoms with Gasteiger partial charge in [-0.1, -0.05) is 29.8 Å². The SMILES string of the molecule is O=C(Cc1ccccc1Cl)NCc1nccc(N2CCOCC2)n1. The number of hydrogen-bond donors (Lipinski definition) is 1. The third-order valence-corrected chi connectivity index (χ3v) is 4.15. The van der Waals surface area contributed by atoms with Gasteiger partial charge < -0.3 is 15.0 Å². The number of nitrogens with zero attached hydrogens (tertiary/aromatic N) is 3. The van der Waals surface area contributed by atoms with Gasteiger partial charge in [0.25, 0.3) is 0 Å². The molecule has 1 saturated heterocycles. The molecule has 1 fully saturated rings. The van der Waals surface area contributed by atoms with Crippen molar-refractivity contribution in [3.63, 3.8) is 0 Å². The summed E-state index contributed by atoms with van der Waals surface area (Å²) >= 11 is 6.07. The first-order chi connectivity index (χ1) is 11.7. The number of nitrogens with one attached hydrogen (secondary N) is 1. The van der Waals surface area contributed by atoms with Crippen LogP contribution in [0.5, 0.6) is 0 Å². The molecule has 24 heavy (non-hydrogen) atoms. The largest absolute Gasteiger partial charge is 0.378 e. The quantitative estimate of drug-likeness (QED) is 0.894. The van der Waals surface area contributed by atoms with Crippen LogP contribution < -0.4 is 10.2 Å². The Balaban J connectivity index is 1.56. The first kappa shape index (κ1) is 16.7. The van der Waals surface area contributed by atoms with Crippen LogP contribution in [0.15, 0.2) is 36.5 Å². The molecule has 0 unspecified atom stereocenters. The molecule has 0 spiro atoms. The molecule has 1 amide bonds. The van der Waals surface area contributed by atoms with Crippen molar-refractivity contribution in [2.75, 3.05) is 31.2 Å². The van der Waals surface area contributed by atoms with E-state index in [1.165, 1.54) is 0 Å². The van der Waals surface area contributed by atoms with Crippen molar-refractivity contribution in [2.24, 2.45) is 0 Å². The van der Waals surface area contributed by atoms with Gasteiger partial charge in [-0.3, -0.25) is 4.79 Å². The number of carbonyl (C=O) groups excluding carboxylic acids is 1. The van der Waals surface area contributed by atoms with E-state index in [0.717, 1.165) is 24.5 Å². The molecule has 3 rings (SSSR count). The lowest BCUT2D eigenvalue weighted by molar-refractivity contribution is -0.120. The van der Waals surface area contributed by atoms with Gasteiger partial charge in [0.2, 0.25) is 5.91 Å². The highest BCUT2D eigenvalue weighted by atomic mass is 35.5. The summed E-state index contributed by atoms with van der Waals surface area (Å²) in [7, 11) is 0. The summed E-state index contributed by atoms with van der Waals surface area (Å²) in [5.74, 6) is 1.35. The minimum atomic E-state index is -0.108. The molecule has 126 valence electrons. The van der Waals surface area contributed by atoms with Gasteiger partial charge in [-0.2, -0.15) is 0 Å². The van der Waals surface area contributed by atoms with Gasteiger partial charge in [-0.25, -0.2) is 9.97 Å². The summed E-state index contributed by atoms with van der Waals surface area (Å²) in [6, 6.07) is 9.20. The minimum Gasteiger partial charge on any atom is -0.378 e. The number of halogens is 1. The van der Waals surface area contributed by atoms with Crippen molar-refractivity contribution in [3.8, 4) is 0 Å². The number of ether oxygens (including phenoxy) is 1. The maximum absolute atomic E-state index is 12.1. The zero-order valence-corrected chi connectivity index (χ0v) is 14.0. The predicted molar refractivity (Wildman–Crippen MR) is 92.1 cm³/mol. The van der Waals surface area contributed by atoms with E-state index in [-0.39, 0.29) is 12.3 Å². The summed E-state index contributed by atoms with van der Waals surface area (Å²) in [6.45, 7) is 3.33. The average molecular weight is 347 g/mol. The fourth-order valence-corrected chi connectivity index (χ4v) is 2.70. The third kappa shape index (κ3) is 4.43. The number of rotatable bonds is 5. The van der Waals surface area contributed by atoms with Gasteiger partial charge in [0, 0.05) is 24.3 Å². The Morgan fingerprint density at radius 2 is 2.04 bits per heavy atom. The highest BCUT2D eigenvalue weighted by Gasteiger charge is 2.13. The first-order valence-electron chi connectivity index (χ1n) is 7.87. The number of morpholine rings is 1. The summed E-state index contributed by atoms with van der Waals surface area (Å²) in [5.41, 5.74) is 0.805. The molecule has 1 N–H and O–H groups in total. The second-order valence-corrected chi connectivity index (χ2v) is 5.88. The molecular formula is C17H19ClN4O2. The zero-order chi connectivity index (χ0) is 16.8. The number of anilines is 1. The van der Waals surface area contributed by atoms with Crippen LogP contribution in [-0.4, -0.2) is 42.2 Å². The van der Waals surface area contributed by atoms with E-state index in [0.29, 0.717) is 30.6 Å². The van der Waals surface area contributed by atoms with Crippen LogP contribution in [0.4, 0.5) is 5.82 Å². The lowest BCUT2D eigenvalue weighted by Crippen LogP contribution is -2.37. The minimum absolute atomic E-state index is 0.108. The van der Waals surface area contributed by atoms with Crippen LogP contribution in [0, 0.1) is 0 Å². The highest BCUT2D eigenvalue weighted by Crippen LogP contribution is 2.15. The predicted octanol–water partition coefficient (Wildman–Crippen LogP) is 1.83. The molecule has 1 aromatic heterocycles. The summed E-state index contributed by atoms with van der Waals surface area (Å²) < 4.78 is 5.34. The molecule has 7 heteroatoms. The van der Waals surface area contributed by atoms with Crippen molar-refractivity contribution in [1.82, 2.24) is 15.3 Å². The number of aromatic nitrogens is 2. The van der Waals surface area contributed by atoms with Crippen LogP contribution in [0.1, 0.15) is 11.4 Å². The van der Waals surface area contributed by atoms with E-state index in [1.54, 1.807) is 12.3 Å². The van der Waals surface area contributed by atoms with Gasteiger partial charge in [0.05, 0.1) is 26.2 Å². The van der Waals surface area contributed by atoms with Crippen LogP contribution in [0.25, 0.3) is 0 Å². The van der Waals surface area contributed by atoms with E-state index < -0.39 is 0 Å². The molecule has 2 aromatic rings. The second kappa shape index (κ2) is 8.08. The van der Waals surface area contributed by atoms with Crippen molar-refractivity contribution < 1.29 is 9.53 Å². The van der Waals surface area contributed by atoms with Gasteiger partial charge in [0.15, 0.2) is 0 Å². The van der Waals surface area contributed by atoms with E-state index in [1.807, 2.05) is 24.3 Å². The molecule has 0 atom stereocenters. The lowest BCUT2D eigenvalue weighted by Gasteiger charge is -2.27. The maximum atomic E-state index is 12.1. The van der Waals surface area contributed by atoms with Gasteiger partial charge in [-0.15, -0.1) is 0 Å². The van der Waals surface area contributed by atoms with Crippen molar-refractivity contribution in [2.45, 2.75) is 13.0 Å². The van der Waals surface area contributed by atoms with Gasteiger partial charge in [0.1, 0.15) is 11.6 Å². The number of carbonyl (C=O) groups is 1.